The van der Waals surface area contributed by atoms with Gasteiger partial charge in [0.15, 0.2) is 0 Å². The van der Waals surface area contributed by atoms with E-state index in [-0.39, 0.29) is 0 Å². The Morgan fingerprint density at radius 1 is 1.50 bits per heavy atom. The predicted octanol–water partition coefficient (Wildman–Crippen LogP) is 4.48. The van der Waals surface area contributed by atoms with Crippen LogP contribution < -0.4 is 0 Å². The van der Waals surface area contributed by atoms with Gasteiger partial charge in [-0.1, -0.05) is 28.8 Å². The van der Waals surface area contributed by atoms with Gasteiger partial charge in [-0.3, -0.25) is 0 Å². The zero-order chi connectivity index (χ0) is 13.4. The van der Waals surface area contributed by atoms with Crippen LogP contribution in [0.4, 0.5) is 0 Å². The Labute approximate surface area is 111 Å². The number of hydrogen-bond acceptors (Lipinski definition) is 2. The molecule has 0 saturated heterocycles. The monoisotopic (exact) mass is 260 g/mol. The molecular formula is C13H13ClN4. The van der Waals surface area contributed by atoms with Crippen molar-refractivity contribution in [2.75, 3.05) is 0 Å². The molecule has 1 aliphatic rings. The lowest BCUT2D eigenvalue weighted by Gasteiger charge is -2.49. The lowest BCUT2D eigenvalue weighted by Crippen LogP contribution is -2.46. The minimum absolute atomic E-state index is 0.414. The molecule has 4 nitrogen and oxygen atoms in total. The van der Waals surface area contributed by atoms with Gasteiger partial charge in [-0.05, 0) is 49.4 Å². The van der Waals surface area contributed by atoms with E-state index in [1.54, 1.807) is 0 Å². The molecule has 0 heterocycles. The van der Waals surface area contributed by atoms with Gasteiger partial charge >= 0.3 is 0 Å². The van der Waals surface area contributed by atoms with E-state index >= 15 is 0 Å². The molecule has 0 aliphatic heterocycles. The second kappa shape index (κ2) is 4.20. The number of azide groups is 1. The maximum atomic E-state index is 9.11. The van der Waals surface area contributed by atoms with Crippen LogP contribution in [0.1, 0.15) is 30.9 Å². The average molecular weight is 261 g/mol. The fourth-order valence-electron chi connectivity index (χ4n) is 2.83. The molecule has 1 aromatic carbocycles. The van der Waals surface area contributed by atoms with Crippen LogP contribution in [0, 0.1) is 23.7 Å². The Morgan fingerprint density at radius 3 is 2.72 bits per heavy atom. The van der Waals surface area contributed by atoms with E-state index in [0.29, 0.717) is 17.9 Å². The van der Waals surface area contributed by atoms with Crippen LogP contribution in [0.2, 0.25) is 5.02 Å². The molecule has 1 saturated carbocycles. The number of halogens is 1. The topological polar surface area (TPSA) is 72.6 Å². The summed E-state index contributed by atoms with van der Waals surface area (Å²) < 4.78 is 0. The van der Waals surface area contributed by atoms with Crippen molar-refractivity contribution in [3.05, 3.63) is 44.8 Å². The molecule has 92 valence electrons. The summed E-state index contributed by atoms with van der Waals surface area (Å²) in [6.45, 7) is 3.80. The third kappa shape index (κ3) is 1.82. The molecule has 0 aromatic heterocycles. The first kappa shape index (κ1) is 12.8. The highest BCUT2D eigenvalue weighted by Crippen LogP contribution is 2.57. The molecule has 1 aliphatic carbocycles. The van der Waals surface area contributed by atoms with Crippen LogP contribution in [0.5, 0.6) is 0 Å². The lowest BCUT2D eigenvalue weighted by molar-refractivity contribution is 0.0975. The molecule has 2 rings (SSSR count). The van der Waals surface area contributed by atoms with Crippen molar-refractivity contribution in [2.45, 2.75) is 32.2 Å². The number of rotatable bonds is 2. The highest BCUT2D eigenvalue weighted by atomic mass is 35.5. The number of hydrogen-bond donors (Lipinski definition) is 0. The Bertz CT molecular complexity index is 575. The van der Waals surface area contributed by atoms with Gasteiger partial charge in [-0.25, -0.2) is 0 Å². The van der Waals surface area contributed by atoms with Crippen LogP contribution in [0.3, 0.4) is 0 Å². The van der Waals surface area contributed by atoms with Crippen LogP contribution in [-0.2, 0) is 5.54 Å². The third-order valence-corrected chi connectivity index (χ3v) is 4.05. The van der Waals surface area contributed by atoms with E-state index in [2.05, 4.69) is 16.1 Å². The Balaban J connectivity index is 2.49. The summed E-state index contributed by atoms with van der Waals surface area (Å²) in [6.07, 6.45) is 1.09. The average Bonchev–Trinajstić information content (AvgIpc) is 2.30. The first-order valence-electron chi connectivity index (χ1n) is 5.69. The molecule has 0 unspecified atom stereocenters. The Kier molecular flexibility index (Phi) is 2.98. The molecule has 5 heteroatoms. The zero-order valence-corrected chi connectivity index (χ0v) is 11.1. The van der Waals surface area contributed by atoms with Gasteiger partial charge in [0.05, 0.1) is 17.0 Å². The van der Waals surface area contributed by atoms with Gasteiger partial charge in [-0.2, -0.15) is 5.26 Å². The van der Waals surface area contributed by atoms with Gasteiger partial charge in [0.1, 0.15) is 0 Å². The third-order valence-electron chi connectivity index (χ3n) is 3.64. The van der Waals surface area contributed by atoms with Gasteiger partial charge in [0.2, 0.25) is 0 Å². The number of benzene rings is 1. The summed E-state index contributed by atoms with van der Waals surface area (Å²) in [7, 11) is 0. The molecule has 0 atom stereocenters. The first-order valence-corrected chi connectivity index (χ1v) is 6.07. The number of nitriles is 1. The molecule has 0 spiro atoms. The second-order valence-electron chi connectivity index (χ2n) is 5.16. The summed E-state index contributed by atoms with van der Waals surface area (Å²) in [5.74, 6) is 0. The molecule has 0 bridgehead atoms. The van der Waals surface area contributed by atoms with Crippen LogP contribution in [-0.4, -0.2) is 0 Å². The quantitative estimate of drug-likeness (QED) is 0.439. The molecular weight excluding hydrogens is 248 g/mol. The summed E-state index contributed by atoms with van der Waals surface area (Å²) in [4.78, 5) is 2.95. The Morgan fingerprint density at radius 2 is 2.17 bits per heavy atom. The molecule has 0 N–H and O–H groups in total. The lowest BCUT2D eigenvalue weighted by atomic mass is 9.56. The van der Waals surface area contributed by atoms with E-state index in [1.807, 2.05) is 32.0 Å². The van der Waals surface area contributed by atoms with Gasteiger partial charge in [-0.15, -0.1) is 0 Å². The molecule has 18 heavy (non-hydrogen) atoms. The molecule has 0 radical (unpaired) electrons. The zero-order valence-electron chi connectivity index (χ0n) is 10.3. The van der Waals surface area contributed by atoms with E-state index in [4.69, 9.17) is 22.4 Å². The van der Waals surface area contributed by atoms with Gasteiger partial charge in [0, 0.05) is 9.93 Å². The second-order valence-corrected chi connectivity index (χ2v) is 5.57. The van der Waals surface area contributed by atoms with Crippen molar-refractivity contribution in [1.82, 2.24) is 0 Å². The molecule has 1 aromatic rings. The van der Waals surface area contributed by atoms with Crippen molar-refractivity contribution in [2.24, 2.45) is 10.5 Å². The minimum atomic E-state index is -0.617. The predicted molar refractivity (Wildman–Crippen MR) is 70.0 cm³/mol. The van der Waals surface area contributed by atoms with Crippen molar-refractivity contribution in [3.63, 3.8) is 0 Å². The van der Waals surface area contributed by atoms with Crippen LogP contribution in [0.15, 0.2) is 23.3 Å². The first-order chi connectivity index (χ1) is 8.46. The van der Waals surface area contributed by atoms with Crippen molar-refractivity contribution in [3.8, 4) is 6.07 Å². The van der Waals surface area contributed by atoms with E-state index < -0.39 is 11.0 Å². The van der Waals surface area contributed by atoms with E-state index in [9.17, 15) is 0 Å². The highest BCUT2D eigenvalue weighted by molar-refractivity contribution is 6.31. The smallest absolute Gasteiger partial charge is 0.0771 e. The van der Waals surface area contributed by atoms with Crippen molar-refractivity contribution < 1.29 is 0 Å². The fourth-order valence-corrected chi connectivity index (χ4v) is 3.00. The summed E-state index contributed by atoms with van der Waals surface area (Å²) >= 11 is 6.11. The molecule has 0 amide bonds. The molecule has 1 fully saturated rings. The van der Waals surface area contributed by atoms with E-state index in [1.165, 1.54) is 0 Å². The van der Waals surface area contributed by atoms with Gasteiger partial charge in [0.25, 0.3) is 0 Å². The largest absolute Gasteiger partial charge is 0.198 e. The van der Waals surface area contributed by atoms with Crippen molar-refractivity contribution >= 4 is 11.6 Å². The summed E-state index contributed by atoms with van der Waals surface area (Å²) in [5.41, 5.74) is 9.60. The minimum Gasteiger partial charge on any atom is -0.198 e. The van der Waals surface area contributed by atoms with Gasteiger partial charge < -0.3 is 0 Å². The Hall–Kier alpha value is -1.69. The SMILES string of the molecule is Cc1c(Cl)cccc1C1(N=[N+]=[N-])CC(C)(C#N)C1. The fraction of sp³-hybridized carbons (Fsp3) is 0.462. The van der Waals surface area contributed by atoms with E-state index in [0.717, 1.165) is 11.1 Å². The maximum Gasteiger partial charge on any atom is 0.0771 e. The standard InChI is InChI=1S/C13H13ClN4/c1-9-10(4-3-5-11(9)14)13(17-18-16)6-12(2,7-13)8-15/h3-5H,6-7H2,1-2H3. The summed E-state index contributed by atoms with van der Waals surface area (Å²) in [5, 5.41) is 13.7. The van der Waals surface area contributed by atoms with Crippen LogP contribution >= 0.6 is 11.6 Å². The van der Waals surface area contributed by atoms with Crippen LogP contribution in [0.25, 0.3) is 10.4 Å². The normalized spacial score (nSPS) is 29.9. The maximum absolute atomic E-state index is 9.11. The highest BCUT2D eigenvalue weighted by Gasteiger charge is 2.53. The summed E-state index contributed by atoms with van der Waals surface area (Å²) in [6, 6.07) is 7.86. The van der Waals surface area contributed by atoms with Crippen molar-refractivity contribution in [1.29, 1.82) is 5.26 Å². The number of nitrogens with zero attached hydrogens (tertiary/aromatic N) is 4.